The van der Waals surface area contributed by atoms with Crippen LogP contribution in [-0.2, 0) is 16.4 Å². The lowest BCUT2D eigenvalue weighted by Crippen LogP contribution is -2.36. The molecule has 1 aromatic heterocycles. The minimum atomic E-state index is -3.78. The summed E-state index contributed by atoms with van der Waals surface area (Å²) in [5.41, 5.74) is 3.02. The number of pyridine rings is 1. The lowest BCUT2D eigenvalue weighted by atomic mass is 9.86. The van der Waals surface area contributed by atoms with Gasteiger partial charge in [-0.2, -0.15) is 0 Å². The first-order chi connectivity index (χ1) is 21.9. The number of hydrogen-bond donors (Lipinski definition) is 3. The fourth-order valence-corrected chi connectivity index (χ4v) is 7.39. The SMILES string of the molecule is O=S(=O)(Nc1ccc2c(c1)CCC(CNCC(O)c1cccnc1)O2)c1ccc(N2CN(CCCC3CCCCC3)N=N2)cc1. The molecule has 6 rings (SSSR count). The van der Waals surface area contributed by atoms with Crippen molar-refractivity contribution >= 4 is 21.4 Å². The highest BCUT2D eigenvalue weighted by atomic mass is 32.2. The first-order valence-corrected chi connectivity index (χ1v) is 17.6. The zero-order chi connectivity index (χ0) is 31.1. The van der Waals surface area contributed by atoms with Crippen LogP contribution in [0.5, 0.6) is 5.75 Å². The average Bonchev–Trinajstić information content (AvgIpc) is 3.54. The summed E-state index contributed by atoms with van der Waals surface area (Å²) in [6, 6.07) is 15.8. The van der Waals surface area contributed by atoms with Crippen LogP contribution in [0.1, 0.15) is 68.6 Å². The minimum absolute atomic E-state index is 0.0385. The van der Waals surface area contributed by atoms with Crippen LogP contribution >= 0.6 is 0 Å². The van der Waals surface area contributed by atoms with E-state index in [1.165, 1.54) is 38.5 Å². The van der Waals surface area contributed by atoms with Gasteiger partial charge in [-0.05, 0) is 90.9 Å². The molecular weight excluding hydrogens is 590 g/mol. The fraction of sp³-hybridized carbons (Fsp3) is 0.485. The number of fused-ring (bicyclic) bond motifs is 1. The van der Waals surface area contributed by atoms with Crippen LogP contribution in [0.3, 0.4) is 0 Å². The van der Waals surface area contributed by atoms with Crippen LogP contribution in [-0.4, -0.2) is 55.9 Å². The number of rotatable bonds is 13. The second-order valence-corrected chi connectivity index (χ2v) is 13.9. The molecule has 240 valence electrons. The molecule has 0 spiro atoms. The number of nitrogens with zero attached hydrogens (tertiary/aromatic N) is 5. The maximum atomic E-state index is 13.2. The Morgan fingerprint density at radius 1 is 1.02 bits per heavy atom. The Kier molecular flexibility index (Phi) is 10.1. The molecule has 2 aromatic carbocycles. The Labute approximate surface area is 265 Å². The van der Waals surface area contributed by atoms with Gasteiger partial charge in [0.15, 0.2) is 0 Å². The smallest absolute Gasteiger partial charge is 0.261 e. The quantitative estimate of drug-likeness (QED) is 0.221. The highest BCUT2D eigenvalue weighted by Crippen LogP contribution is 2.32. The van der Waals surface area contributed by atoms with E-state index in [1.54, 1.807) is 53.8 Å². The van der Waals surface area contributed by atoms with Crippen LogP contribution in [0.15, 0.2) is 82.3 Å². The second kappa shape index (κ2) is 14.6. The van der Waals surface area contributed by atoms with E-state index < -0.39 is 16.1 Å². The summed E-state index contributed by atoms with van der Waals surface area (Å²) < 4.78 is 35.2. The lowest BCUT2D eigenvalue weighted by Gasteiger charge is -2.27. The van der Waals surface area contributed by atoms with E-state index in [0.29, 0.717) is 25.4 Å². The van der Waals surface area contributed by atoms with Crippen molar-refractivity contribution in [1.29, 1.82) is 0 Å². The van der Waals surface area contributed by atoms with Gasteiger partial charge in [-0.25, -0.2) is 13.4 Å². The summed E-state index contributed by atoms with van der Waals surface area (Å²) in [6.07, 6.45) is 13.4. The van der Waals surface area contributed by atoms with Gasteiger partial charge in [0.25, 0.3) is 10.0 Å². The summed E-state index contributed by atoms with van der Waals surface area (Å²) in [4.78, 5) is 4.23. The van der Waals surface area contributed by atoms with Crippen molar-refractivity contribution in [3.05, 3.63) is 78.1 Å². The number of sulfonamides is 1. The zero-order valence-corrected chi connectivity index (χ0v) is 26.4. The van der Waals surface area contributed by atoms with Crippen LogP contribution in [0.2, 0.25) is 0 Å². The molecule has 0 radical (unpaired) electrons. The molecule has 2 aliphatic heterocycles. The number of aliphatic hydroxyl groups excluding tert-OH is 1. The van der Waals surface area contributed by atoms with Crippen molar-refractivity contribution in [2.24, 2.45) is 16.4 Å². The molecule has 2 unspecified atom stereocenters. The van der Waals surface area contributed by atoms with E-state index in [-0.39, 0.29) is 11.0 Å². The summed E-state index contributed by atoms with van der Waals surface area (Å²) in [5.74, 6) is 1.61. The number of nitrogens with one attached hydrogen (secondary N) is 2. The molecule has 2 atom stereocenters. The summed E-state index contributed by atoms with van der Waals surface area (Å²) in [7, 11) is -3.78. The molecule has 0 amide bonds. The third-order valence-corrected chi connectivity index (χ3v) is 10.3. The number of aryl methyl sites for hydroxylation is 1. The predicted molar refractivity (Wildman–Crippen MR) is 173 cm³/mol. The third-order valence-electron chi connectivity index (χ3n) is 8.89. The van der Waals surface area contributed by atoms with Gasteiger partial charge in [0.05, 0.1) is 16.7 Å². The molecule has 1 fully saturated rings. The van der Waals surface area contributed by atoms with E-state index >= 15 is 0 Å². The molecule has 45 heavy (non-hydrogen) atoms. The predicted octanol–water partition coefficient (Wildman–Crippen LogP) is 5.62. The molecule has 3 heterocycles. The molecular formula is C33H43N7O4S. The Bertz CT molecular complexity index is 1530. The number of ether oxygens (including phenoxy) is 1. The summed E-state index contributed by atoms with van der Waals surface area (Å²) in [6.45, 7) is 2.45. The molecule has 0 saturated heterocycles. The first-order valence-electron chi connectivity index (χ1n) is 16.1. The number of aromatic nitrogens is 1. The Balaban J connectivity index is 0.963. The number of hydrogen-bond acceptors (Lipinski definition) is 10. The van der Waals surface area contributed by atoms with Crippen LogP contribution in [0, 0.1) is 5.92 Å². The Morgan fingerprint density at radius 2 is 1.87 bits per heavy atom. The van der Waals surface area contributed by atoms with Gasteiger partial charge >= 0.3 is 0 Å². The van der Waals surface area contributed by atoms with E-state index in [4.69, 9.17) is 4.74 Å². The van der Waals surface area contributed by atoms with Crippen LogP contribution in [0.4, 0.5) is 11.4 Å². The molecule has 3 aliphatic rings. The lowest BCUT2D eigenvalue weighted by molar-refractivity contribution is 0.146. The van der Waals surface area contributed by atoms with Crippen molar-refractivity contribution in [3.63, 3.8) is 0 Å². The Hall–Kier alpha value is -3.74. The average molecular weight is 634 g/mol. The molecule has 3 N–H and O–H groups in total. The summed E-state index contributed by atoms with van der Waals surface area (Å²) >= 11 is 0. The molecule has 1 aliphatic carbocycles. The maximum Gasteiger partial charge on any atom is 0.261 e. The number of aliphatic hydroxyl groups is 1. The van der Waals surface area contributed by atoms with Crippen molar-refractivity contribution in [3.8, 4) is 5.75 Å². The highest BCUT2D eigenvalue weighted by Gasteiger charge is 2.23. The van der Waals surface area contributed by atoms with Gasteiger partial charge in [-0.15, -0.1) is 0 Å². The molecule has 1 saturated carbocycles. The van der Waals surface area contributed by atoms with Crippen molar-refractivity contribution in [2.75, 3.05) is 36.0 Å². The highest BCUT2D eigenvalue weighted by molar-refractivity contribution is 7.92. The van der Waals surface area contributed by atoms with E-state index in [2.05, 4.69) is 25.5 Å². The van der Waals surface area contributed by atoms with Gasteiger partial charge < -0.3 is 15.2 Å². The van der Waals surface area contributed by atoms with Crippen molar-refractivity contribution < 1.29 is 18.3 Å². The van der Waals surface area contributed by atoms with Gasteiger partial charge in [-0.1, -0.05) is 43.4 Å². The van der Waals surface area contributed by atoms with Gasteiger partial charge in [0.1, 0.15) is 18.5 Å². The van der Waals surface area contributed by atoms with Crippen LogP contribution in [0.25, 0.3) is 0 Å². The minimum Gasteiger partial charge on any atom is -0.489 e. The first kappa shape index (κ1) is 31.3. The third kappa shape index (κ3) is 8.30. The van der Waals surface area contributed by atoms with E-state index in [0.717, 1.165) is 54.3 Å². The summed E-state index contributed by atoms with van der Waals surface area (Å²) in [5, 5.41) is 26.0. The van der Waals surface area contributed by atoms with Crippen molar-refractivity contribution in [1.82, 2.24) is 15.3 Å². The van der Waals surface area contributed by atoms with Crippen LogP contribution < -0.4 is 19.8 Å². The van der Waals surface area contributed by atoms with Gasteiger partial charge in [-0.3, -0.25) is 14.7 Å². The maximum absolute atomic E-state index is 13.2. The Morgan fingerprint density at radius 3 is 2.67 bits per heavy atom. The molecule has 12 heteroatoms. The number of benzene rings is 2. The molecule has 11 nitrogen and oxygen atoms in total. The normalized spacial score (nSPS) is 19.3. The van der Waals surface area contributed by atoms with E-state index in [1.807, 2.05) is 23.2 Å². The fourth-order valence-electron chi connectivity index (χ4n) is 6.34. The largest absolute Gasteiger partial charge is 0.489 e. The standard InChI is InChI=1S/C33H43N7O4S/c41-32(27-9-4-18-34-21-27)23-35-22-30-14-10-26-20-28(11-17-33(26)44-30)36-45(42,43)31-15-12-29(13-16-31)40-24-39(37-38-40)19-5-8-25-6-2-1-3-7-25/h4,9,11-13,15-18,20-21,25,30,32,35-36,41H,1-3,5-8,10,14,19,22-24H2. The monoisotopic (exact) mass is 633 g/mol. The van der Waals surface area contributed by atoms with Crippen molar-refractivity contribution in [2.45, 2.75) is 74.9 Å². The zero-order valence-electron chi connectivity index (χ0n) is 25.6. The van der Waals surface area contributed by atoms with Gasteiger partial charge in [0, 0.05) is 43.3 Å². The topological polar surface area (TPSA) is 132 Å². The van der Waals surface area contributed by atoms with E-state index in [9.17, 15) is 13.5 Å². The molecule has 0 bridgehead atoms. The second-order valence-electron chi connectivity index (χ2n) is 12.3. The molecule has 3 aromatic rings. The number of anilines is 2. The van der Waals surface area contributed by atoms with Gasteiger partial charge in [0.2, 0.25) is 0 Å².